The van der Waals surface area contributed by atoms with Crippen LogP contribution in [0.25, 0.3) is 22.5 Å². The van der Waals surface area contributed by atoms with Gasteiger partial charge in [0, 0.05) is 11.5 Å². The minimum Gasteiger partial charge on any atom is -0.465 e. The zero-order valence-corrected chi connectivity index (χ0v) is 26.8. The summed E-state index contributed by atoms with van der Waals surface area (Å²) in [7, 11) is 0. The summed E-state index contributed by atoms with van der Waals surface area (Å²) < 4.78 is 5.26. The van der Waals surface area contributed by atoms with E-state index >= 15 is 0 Å². The molecule has 1 fully saturated rings. The molecule has 1 saturated carbocycles. The van der Waals surface area contributed by atoms with Crippen LogP contribution in [-0.4, -0.2) is 38.6 Å². The van der Waals surface area contributed by atoms with E-state index in [1.54, 1.807) is 11.7 Å². The van der Waals surface area contributed by atoms with E-state index in [9.17, 15) is 9.59 Å². The van der Waals surface area contributed by atoms with Gasteiger partial charge in [-0.1, -0.05) is 140 Å². The van der Waals surface area contributed by atoms with Crippen molar-refractivity contribution >= 4 is 11.8 Å². The highest BCUT2D eigenvalue weighted by Gasteiger charge is 2.41. The molecule has 0 amide bonds. The Labute approximate surface area is 280 Å². The molecule has 238 valence electrons. The van der Waals surface area contributed by atoms with E-state index in [0.717, 1.165) is 51.8 Å². The van der Waals surface area contributed by atoms with Crippen LogP contribution in [0.4, 0.5) is 0 Å². The topological polar surface area (TPSA) is 87.0 Å². The van der Waals surface area contributed by atoms with Gasteiger partial charge in [-0.15, -0.1) is 15.0 Å². The minimum absolute atomic E-state index is 0.00498. The molecule has 1 aliphatic carbocycles. The third kappa shape index (κ3) is 5.95. The molecule has 0 bridgehead atoms. The summed E-state index contributed by atoms with van der Waals surface area (Å²) in [6, 6.07) is 46.8. The fraction of sp³-hybridized carbons (Fsp3) is 0.195. The monoisotopic (exact) mass is 632 g/mol. The summed E-state index contributed by atoms with van der Waals surface area (Å²) in [6.45, 7) is 2.02. The highest BCUT2D eigenvalue weighted by atomic mass is 16.5. The zero-order chi connectivity index (χ0) is 32.9. The Morgan fingerprint density at radius 2 is 1.25 bits per heavy atom. The second-order valence-corrected chi connectivity index (χ2v) is 12.1. The van der Waals surface area contributed by atoms with Crippen LogP contribution in [0.5, 0.6) is 0 Å². The van der Waals surface area contributed by atoms with E-state index in [2.05, 4.69) is 41.5 Å². The molecule has 5 aromatic carbocycles. The summed E-state index contributed by atoms with van der Waals surface area (Å²) in [4.78, 5) is 27.4. The Kier molecular flexibility index (Phi) is 8.75. The Hall–Kier alpha value is -5.69. The van der Waals surface area contributed by atoms with E-state index in [0.29, 0.717) is 12.2 Å². The number of aromatic nitrogens is 4. The summed E-state index contributed by atoms with van der Waals surface area (Å²) in [5, 5.41) is 14.5. The molecule has 0 spiro atoms. The van der Waals surface area contributed by atoms with Gasteiger partial charge >= 0.3 is 5.97 Å². The van der Waals surface area contributed by atoms with Gasteiger partial charge < -0.3 is 4.74 Å². The molecular weight excluding hydrogens is 596 g/mol. The van der Waals surface area contributed by atoms with E-state index in [4.69, 9.17) is 15.0 Å². The number of hydrogen-bond donors (Lipinski definition) is 0. The fourth-order valence-corrected chi connectivity index (χ4v) is 6.53. The van der Waals surface area contributed by atoms with Crippen LogP contribution in [0.1, 0.15) is 42.0 Å². The number of rotatable bonds is 12. The van der Waals surface area contributed by atoms with E-state index in [-0.39, 0.29) is 18.3 Å². The summed E-state index contributed by atoms with van der Waals surface area (Å²) in [5.41, 5.74) is 5.82. The third-order valence-electron chi connectivity index (χ3n) is 9.06. The number of esters is 1. The Bertz CT molecular complexity index is 1910. The number of carbonyl (C=O) groups excluding carboxylic acids is 2. The molecule has 7 heteroatoms. The zero-order valence-electron chi connectivity index (χ0n) is 26.8. The van der Waals surface area contributed by atoms with Crippen LogP contribution in [-0.2, 0) is 26.3 Å². The van der Waals surface area contributed by atoms with Gasteiger partial charge in [0.15, 0.2) is 11.3 Å². The molecule has 0 N–H and O–H groups in total. The molecule has 0 saturated heterocycles. The fourth-order valence-electron chi connectivity index (χ4n) is 6.53. The molecule has 7 nitrogen and oxygen atoms in total. The van der Waals surface area contributed by atoms with Crippen molar-refractivity contribution in [1.82, 2.24) is 20.2 Å². The van der Waals surface area contributed by atoms with Crippen LogP contribution >= 0.6 is 0 Å². The Morgan fingerprint density at radius 3 is 1.77 bits per heavy atom. The normalized spacial score (nSPS) is 13.5. The second kappa shape index (κ2) is 13.6. The molecular formula is C41H36N4O3. The first-order valence-electron chi connectivity index (χ1n) is 16.5. The molecule has 1 aromatic heterocycles. The van der Waals surface area contributed by atoms with Crippen LogP contribution in [0.15, 0.2) is 140 Å². The van der Waals surface area contributed by atoms with E-state index in [1.165, 1.54) is 0 Å². The van der Waals surface area contributed by atoms with Crippen molar-refractivity contribution in [2.24, 2.45) is 11.8 Å². The maximum Gasteiger partial charge on any atom is 0.316 e. The average Bonchev–Trinajstić information content (AvgIpc) is 3.89. The molecule has 6 aromatic rings. The number of ketones is 1. The highest BCUT2D eigenvalue weighted by molar-refractivity contribution is 6.01. The molecule has 0 aliphatic heterocycles. The van der Waals surface area contributed by atoms with Crippen molar-refractivity contribution in [2.45, 2.75) is 31.7 Å². The first-order valence-corrected chi connectivity index (χ1v) is 16.5. The molecule has 1 heterocycles. The summed E-state index contributed by atoms with van der Waals surface area (Å²) >= 11 is 0. The van der Waals surface area contributed by atoms with Crippen LogP contribution in [0.2, 0.25) is 0 Å². The van der Waals surface area contributed by atoms with Gasteiger partial charge in [0.25, 0.3) is 0 Å². The van der Waals surface area contributed by atoms with Crippen LogP contribution < -0.4 is 0 Å². The molecule has 0 radical (unpaired) electrons. The SMILES string of the molecule is CCOC(=O)C(Cc1ccc(-c2ccccc2-c2nnn(C(c3ccccc3)(c3ccccc3)c3ccccc3)n2)cc1)C(=O)C1CC1. The predicted molar refractivity (Wildman–Crippen MR) is 185 cm³/mol. The van der Waals surface area contributed by atoms with Gasteiger partial charge in [-0.2, -0.15) is 0 Å². The number of hydrogen-bond acceptors (Lipinski definition) is 6. The number of ether oxygens (including phenoxy) is 1. The Morgan fingerprint density at radius 1 is 0.729 bits per heavy atom. The van der Waals surface area contributed by atoms with E-state index in [1.807, 2.05) is 103 Å². The van der Waals surface area contributed by atoms with Gasteiger partial charge in [-0.3, -0.25) is 9.59 Å². The quantitative estimate of drug-likeness (QED) is 0.0787. The number of tetrazole rings is 1. The smallest absolute Gasteiger partial charge is 0.316 e. The van der Waals surface area contributed by atoms with Crippen molar-refractivity contribution in [3.05, 3.63) is 162 Å². The largest absolute Gasteiger partial charge is 0.465 e. The maximum atomic E-state index is 12.9. The lowest BCUT2D eigenvalue weighted by Crippen LogP contribution is -2.39. The van der Waals surface area contributed by atoms with Crippen molar-refractivity contribution in [2.75, 3.05) is 6.61 Å². The van der Waals surface area contributed by atoms with Crippen molar-refractivity contribution in [1.29, 1.82) is 0 Å². The molecule has 1 unspecified atom stereocenters. The molecule has 1 atom stereocenters. The minimum atomic E-state index is -0.876. The number of Topliss-reactive ketones (excluding diaryl/α,β-unsaturated/α-hetero) is 1. The number of nitrogens with zero attached hydrogens (tertiary/aromatic N) is 4. The molecule has 48 heavy (non-hydrogen) atoms. The first kappa shape index (κ1) is 30.9. The predicted octanol–water partition coefficient (Wildman–Crippen LogP) is 7.55. The summed E-state index contributed by atoms with van der Waals surface area (Å²) in [6.07, 6.45) is 2.03. The van der Waals surface area contributed by atoms with Gasteiger partial charge in [-0.05, 0) is 64.8 Å². The van der Waals surface area contributed by atoms with Gasteiger partial charge in [-0.25, -0.2) is 0 Å². The van der Waals surface area contributed by atoms with Crippen molar-refractivity contribution in [3.8, 4) is 22.5 Å². The average molecular weight is 633 g/mol. The molecule has 1 aliphatic rings. The number of benzene rings is 5. The van der Waals surface area contributed by atoms with Gasteiger partial charge in [0.2, 0.25) is 5.82 Å². The maximum absolute atomic E-state index is 12.9. The third-order valence-corrected chi connectivity index (χ3v) is 9.06. The standard InChI is InChI=1S/C41H36N4O3/c1-2-48-40(47)37(38(46)31-26-27-31)28-29-22-24-30(25-23-29)35-20-12-13-21-36(35)39-42-44-45(43-39)41(32-14-6-3-7-15-32,33-16-8-4-9-17-33)34-18-10-5-11-19-34/h3-25,31,37H,2,26-28H2,1H3. The number of carbonyl (C=O) groups is 2. The van der Waals surface area contributed by atoms with Crippen LogP contribution in [0, 0.1) is 11.8 Å². The lowest BCUT2D eigenvalue weighted by Gasteiger charge is -2.34. The molecule has 7 rings (SSSR count). The van der Waals surface area contributed by atoms with Crippen molar-refractivity contribution < 1.29 is 14.3 Å². The van der Waals surface area contributed by atoms with E-state index < -0.39 is 17.4 Å². The summed E-state index contributed by atoms with van der Waals surface area (Å²) in [5.74, 6) is -0.728. The van der Waals surface area contributed by atoms with Crippen LogP contribution in [0.3, 0.4) is 0 Å². The van der Waals surface area contributed by atoms with Crippen molar-refractivity contribution in [3.63, 3.8) is 0 Å². The lowest BCUT2D eigenvalue weighted by atomic mass is 9.77. The highest BCUT2D eigenvalue weighted by Crippen LogP contribution is 2.40. The first-order chi connectivity index (χ1) is 23.6. The second-order valence-electron chi connectivity index (χ2n) is 12.1. The van der Waals surface area contributed by atoms with Gasteiger partial charge in [0.1, 0.15) is 5.92 Å². The lowest BCUT2D eigenvalue weighted by molar-refractivity contribution is -0.151. The van der Waals surface area contributed by atoms with Gasteiger partial charge in [0.05, 0.1) is 6.61 Å². The Balaban J connectivity index is 1.27.